The Labute approximate surface area is 262 Å². The second kappa shape index (κ2) is 13.6. The molecule has 224 valence electrons. The molecule has 42 heavy (non-hydrogen) atoms. The zero-order valence-corrected chi connectivity index (χ0v) is 25.6. The number of aromatic nitrogens is 1. The van der Waals surface area contributed by atoms with Gasteiger partial charge in [-0.15, -0.1) is 0 Å². The first kappa shape index (κ1) is 30.5. The first-order valence-corrected chi connectivity index (χ1v) is 15.2. The molecule has 2 saturated heterocycles. The van der Waals surface area contributed by atoms with Gasteiger partial charge in [0.15, 0.2) is 0 Å². The van der Waals surface area contributed by atoms with Crippen LogP contribution in [0, 0.1) is 10.1 Å². The van der Waals surface area contributed by atoms with Gasteiger partial charge in [0.05, 0.1) is 25.6 Å². The second-order valence-electron chi connectivity index (χ2n) is 10.8. The van der Waals surface area contributed by atoms with Crippen LogP contribution in [0.25, 0.3) is 0 Å². The molecule has 9 nitrogen and oxygen atoms in total. The molecular weight excluding hydrogens is 599 g/mol. The van der Waals surface area contributed by atoms with Gasteiger partial charge in [0, 0.05) is 77.7 Å². The Balaban J connectivity index is 0.00000423. The molecule has 1 atom stereocenters. The molecule has 1 unspecified atom stereocenters. The maximum Gasteiger partial charge on any atom is 0.269 e. The van der Waals surface area contributed by atoms with Crippen LogP contribution < -0.4 is 10.2 Å². The van der Waals surface area contributed by atoms with Crippen molar-refractivity contribution in [2.24, 2.45) is 0 Å². The summed E-state index contributed by atoms with van der Waals surface area (Å²) in [5, 5.41) is 15.2. The summed E-state index contributed by atoms with van der Waals surface area (Å²) in [4.78, 5) is 35.0. The molecule has 3 aromatic rings. The van der Waals surface area contributed by atoms with Crippen LogP contribution in [0.1, 0.15) is 48.7 Å². The van der Waals surface area contributed by atoms with Crippen LogP contribution in [0.4, 0.5) is 11.5 Å². The Bertz CT molecular complexity index is 1430. The molecule has 0 radical (unpaired) electrons. The minimum Gasteiger partial charge on any atom is -0.353 e. The fourth-order valence-electron chi connectivity index (χ4n) is 5.74. The lowest BCUT2D eigenvalue weighted by Gasteiger charge is -2.44. The zero-order valence-electron chi connectivity index (χ0n) is 23.3. The number of nitrogens with zero attached hydrogens (tertiary/aromatic N) is 5. The number of anilines is 1. The maximum absolute atomic E-state index is 12.7. The number of rotatable bonds is 8. The van der Waals surface area contributed by atoms with Crippen molar-refractivity contribution in [3.63, 3.8) is 0 Å². The fraction of sp³-hybridized carbons (Fsp3) is 0.400. The Morgan fingerprint density at radius 3 is 2.31 bits per heavy atom. The summed E-state index contributed by atoms with van der Waals surface area (Å²) in [5.74, 6) is 0.435. The monoisotopic (exact) mass is 632 g/mol. The Kier molecular flexibility index (Phi) is 9.85. The van der Waals surface area contributed by atoms with Gasteiger partial charge in [-0.25, -0.2) is 4.98 Å². The molecule has 2 aliphatic heterocycles. The number of nitro groups is 1. The number of nitrogens with one attached hydrogen (secondary N) is 1. The van der Waals surface area contributed by atoms with Gasteiger partial charge in [0.1, 0.15) is 5.82 Å². The molecule has 12 heteroatoms. The normalized spacial score (nSPS) is 17.7. The Morgan fingerprint density at radius 2 is 1.69 bits per heavy atom. The molecule has 2 aliphatic rings. The molecule has 0 aliphatic carbocycles. The number of carbonyl (C=O) groups is 1. The van der Waals surface area contributed by atoms with Crippen molar-refractivity contribution in [3.05, 3.63) is 96.6 Å². The summed E-state index contributed by atoms with van der Waals surface area (Å²) < 4.78 is 0. The third-order valence-corrected chi connectivity index (χ3v) is 9.30. The number of piperazine rings is 1. The smallest absolute Gasteiger partial charge is 0.269 e. The molecule has 0 spiro atoms. The van der Waals surface area contributed by atoms with Crippen molar-refractivity contribution in [2.75, 3.05) is 44.2 Å². The second-order valence-corrected chi connectivity index (χ2v) is 12.0. The zero-order chi connectivity index (χ0) is 29.8. The maximum atomic E-state index is 12.7. The number of benzene rings is 2. The van der Waals surface area contributed by atoms with E-state index in [0.29, 0.717) is 39.0 Å². The van der Waals surface area contributed by atoms with Crippen LogP contribution in [-0.2, 0) is 6.54 Å². The van der Waals surface area contributed by atoms with Gasteiger partial charge in [-0.3, -0.25) is 24.7 Å². The molecule has 0 saturated carbocycles. The number of non-ortho nitro benzene ring substituents is 1. The molecule has 2 fully saturated rings. The van der Waals surface area contributed by atoms with E-state index in [9.17, 15) is 14.9 Å². The predicted octanol–water partition coefficient (Wildman–Crippen LogP) is 6.47. The van der Waals surface area contributed by atoms with Crippen molar-refractivity contribution < 1.29 is 11.1 Å². The highest BCUT2D eigenvalue weighted by Crippen LogP contribution is 2.30. The lowest BCUT2D eigenvalue weighted by atomic mass is 9.98. The quantitative estimate of drug-likeness (QED) is 0.224. The average molecular weight is 634 g/mol. The molecule has 5 rings (SSSR count). The van der Waals surface area contributed by atoms with E-state index < -0.39 is 0 Å². The minimum absolute atomic E-state index is 0. The number of hydrogen-bond acceptors (Lipinski definition) is 7. The van der Waals surface area contributed by atoms with Gasteiger partial charge < -0.3 is 10.2 Å². The number of halogens is 3. The van der Waals surface area contributed by atoms with Crippen molar-refractivity contribution in [1.29, 1.82) is 0 Å². The van der Waals surface area contributed by atoms with E-state index in [1.54, 1.807) is 36.5 Å². The molecule has 1 aromatic heterocycles. The number of piperidine rings is 1. The van der Waals surface area contributed by atoms with Crippen molar-refractivity contribution in [2.45, 2.75) is 38.4 Å². The highest BCUT2D eigenvalue weighted by Gasteiger charge is 2.30. The van der Waals surface area contributed by atoms with Crippen molar-refractivity contribution in [3.8, 4) is 0 Å². The SMILES string of the molecule is CC(c1ccc([N+](=O)[O-])cc1)N1CCC(N2CCN(c3ncc(C(=O)NCc4ccc(Cl)c(Cl)c4)cc3Cl)CC2)CC1.[HH]. The van der Waals surface area contributed by atoms with Gasteiger partial charge in [0.2, 0.25) is 0 Å². The number of pyridine rings is 1. The number of amides is 1. The molecule has 1 N–H and O–H groups in total. The van der Waals surface area contributed by atoms with E-state index in [1.807, 2.05) is 18.2 Å². The summed E-state index contributed by atoms with van der Waals surface area (Å²) in [5.41, 5.74) is 2.47. The molecule has 3 heterocycles. The summed E-state index contributed by atoms with van der Waals surface area (Å²) in [6, 6.07) is 14.6. The topological polar surface area (TPSA) is 94.8 Å². The summed E-state index contributed by atoms with van der Waals surface area (Å²) in [6.07, 6.45) is 3.74. The molecule has 0 bridgehead atoms. The Hall–Kier alpha value is -2.95. The molecule has 2 aromatic carbocycles. The standard InChI is InChI=1S/C30H33Cl3N6O3.H2/c1-20(22-3-5-25(6-4-22)39(41)42)36-10-8-24(9-11-36)37-12-14-38(15-13-37)29-28(33)17-23(19-34-29)30(40)35-18-21-2-7-26(31)27(32)16-21;/h2-7,16-17,19-20,24H,8-15,18H2,1H3,(H,35,40);1H. The van der Waals surface area contributed by atoms with Crippen LogP contribution >= 0.6 is 34.8 Å². The third kappa shape index (κ3) is 7.15. The van der Waals surface area contributed by atoms with E-state index in [1.165, 1.54) is 0 Å². The van der Waals surface area contributed by atoms with Gasteiger partial charge in [-0.05, 0) is 49.1 Å². The summed E-state index contributed by atoms with van der Waals surface area (Å²) >= 11 is 18.6. The summed E-state index contributed by atoms with van der Waals surface area (Å²) in [6.45, 7) is 7.94. The van der Waals surface area contributed by atoms with Gasteiger partial charge in [0.25, 0.3) is 11.6 Å². The first-order chi connectivity index (χ1) is 20.2. The van der Waals surface area contributed by atoms with Crippen LogP contribution in [-0.4, -0.2) is 70.9 Å². The van der Waals surface area contributed by atoms with E-state index in [-0.39, 0.29) is 24.0 Å². The van der Waals surface area contributed by atoms with Gasteiger partial charge >= 0.3 is 0 Å². The Morgan fingerprint density at radius 1 is 1.00 bits per heavy atom. The highest BCUT2D eigenvalue weighted by molar-refractivity contribution is 6.42. The summed E-state index contributed by atoms with van der Waals surface area (Å²) in [7, 11) is 0. The first-order valence-electron chi connectivity index (χ1n) is 14.0. The molecule has 1 amide bonds. The van der Waals surface area contributed by atoms with Crippen molar-refractivity contribution >= 4 is 52.2 Å². The number of carbonyl (C=O) groups excluding carboxylic acids is 1. The highest BCUT2D eigenvalue weighted by atomic mass is 35.5. The fourth-order valence-corrected chi connectivity index (χ4v) is 6.35. The van der Waals surface area contributed by atoms with Crippen molar-refractivity contribution in [1.82, 2.24) is 20.1 Å². The van der Waals surface area contributed by atoms with Gasteiger partial charge in [-0.2, -0.15) is 0 Å². The van der Waals surface area contributed by atoms with E-state index in [2.05, 4.69) is 31.9 Å². The van der Waals surface area contributed by atoms with Crippen LogP contribution in [0.15, 0.2) is 54.7 Å². The number of likely N-dealkylation sites (tertiary alicyclic amines) is 1. The van der Waals surface area contributed by atoms with Crippen LogP contribution in [0.2, 0.25) is 15.1 Å². The lowest BCUT2D eigenvalue weighted by molar-refractivity contribution is -0.384. The number of hydrogen-bond donors (Lipinski definition) is 1. The van der Waals surface area contributed by atoms with E-state index >= 15 is 0 Å². The lowest BCUT2D eigenvalue weighted by Crippen LogP contribution is -2.53. The third-order valence-electron chi connectivity index (χ3n) is 8.28. The largest absolute Gasteiger partial charge is 0.353 e. The average Bonchev–Trinajstić information content (AvgIpc) is 3.01. The van der Waals surface area contributed by atoms with Gasteiger partial charge in [-0.1, -0.05) is 53.0 Å². The van der Waals surface area contributed by atoms with Crippen LogP contribution in [0.5, 0.6) is 0 Å². The number of nitro benzene ring substituents is 1. The predicted molar refractivity (Wildman–Crippen MR) is 169 cm³/mol. The van der Waals surface area contributed by atoms with E-state index in [0.717, 1.165) is 63.2 Å². The molecular formula is C30H35Cl3N6O3. The van der Waals surface area contributed by atoms with Crippen LogP contribution in [0.3, 0.4) is 0 Å². The minimum atomic E-state index is -0.361. The van der Waals surface area contributed by atoms with E-state index in [4.69, 9.17) is 34.8 Å².